The predicted octanol–water partition coefficient (Wildman–Crippen LogP) is -0.619. The van der Waals surface area contributed by atoms with E-state index in [9.17, 15) is 0 Å². The van der Waals surface area contributed by atoms with E-state index in [1.54, 1.807) is 19.2 Å². The van der Waals surface area contributed by atoms with E-state index in [1.165, 1.54) is 0 Å². The van der Waals surface area contributed by atoms with Gasteiger partial charge in [-0.25, -0.2) is 0 Å². The summed E-state index contributed by atoms with van der Waals surface area (Å²) in [6.45, 7) is 1.38. The summed E-state index contributed by atoms with van der Waals surface area (Å²) in [6.07, 6.45) is 0.261. The second kappa shape index (κ2) is 9.41. The van der Waals surface area contributed by atoms with Crippen molar-refractivity contribution in [2.75, 3.05) is 20.3 Å². The summed E-state index contributed by atoms with van der Waals surface area (Å²) in [5.74, 6) is 1.38. The number of halogens is 1. The van der Waals surface area contributed by atoms with Gasteiger partial charge in [0.25, 0.3) is 0 Å². The van der Waals surface area contributed by atoms with Gasteiger partial charge in [0.05, 0.1) is 18.7 Å². The molecule has 18 heavy (non-hydrogen) atoms. The van der Waals surface area contributed by atoms with Crippen LogP contribution in [0.5, 0.6) is 11.5 Å². The molecule has 0 aliphatic carbocycles. The zero-order valence-electron chi connectivity index (χ0n) is 10.1. The van der Waals surface area contributed by atoms with Crippen molar-refractivity contribution in [2.24, 2.45) is 5.34 Å². The second-order valence-electron chi connectivity index (χ2n) is 3.14. The number of benzene rings is 1. The van der Waals surface area contributed by atoms with Gasteiger partial charge in [-0.3, -0.25) is 0 Å². The SMILES string of the molecule is COc1cc(OC[C@@H]2CO2)ccc1Cl.O=N[O-].[Na+]. The summed E-state index contributed by atoms with van der Waals surface area (Å²) >= 11 is 5.87. The van der Waals surface area contributed by atoms with Crippen molar-refractivity contribution in [1.29, 1.82) is 0 Å². The normalized spacial score (nSPS) is 15.6. The third kappa shape index (κ3) is 6.42. The average Bonchev–Trinajstić information content (AvgIpc) is 3.13. The van der Waals surface area contributed by atoms with Crippen LogP contribution < -0.4 is 39.0 Å². The van der Waals surface area contributed by atoms with Gasteiger partial charge in [0.2, 0.25) is 0 Å². The summed E-state index contributed by atoms with van der Waals surface area (Å²) in [4.78, 5) is 8.00. The van der Waals surface area contributed by atoms with Crippen molar-refractivity contribution in [3.05, 3.63) is 33.3 Å². The van der Waals surface area contributed by atoms with Gasteiger partial charge in [-0.15, -0.1) is 5.34 Å². The van der Waals surface area contributed by atoms with Crippen LogP contribution in [-0.2, 0) is 4.74 Å². The van der Waals surface area contributed by atoms with Gasteiger partial charge in [0, 0.05) is 6.07 Å². The smallest absolute Gasteiger partial charge is 0.495 e. The van der Waals surface area contributed by atoms with Crippen LogP contribution in [0.4, 0.5) is 0 Å². The Bertz CT molecular complexity index is 375. The Hall–Kier alpha value is -0.530. The van der Waals surface area contributed by atoms with Gasteiger partial charge >= 0.3 is 29.6 Å². The molecule has 0 bridgehead atoms. The quantitative estimate of drug-likeness (QED) is 0.318. The fraction of sp³-hybridized carbons (Fsp3) is 0.400. The molecule has 8 heteroatoms. The van der Waals surface area contributed by atoms with Gasteiger partial charge in [-0.05, 0) is 12.1 Å². The number of methoxy groups -OCH3 is 1. The van der Waals surface area contributed by atoms with E-state index in [1.807, 2.05) is 6.07 Å². The summed E-state index contributed by atoms with van der Waals surface area (Å²) in [7, 11) is 1.58. The molecule has 94 valence electrons. The predicted molar refractivity (Wildman–Crippen MR) is 62.4 cm³/mol. The van der Waals surface area contributed by atoms with Crippen LogP contribution in [0.3, 0.4) is 0 Å². The Kier molecular flexibility index (Phi) is 9.13. The molecule has 0 spiro atoms. The van der Waals surface area contributed by atoms with Gasteiger partial charge in [0.1, 0.15) is 24.2 Å². The van der Waals surface area contributed by atoms with E-state index in [2.05, 4.69) is 0 Å². The number of nitrogens with zero attached hydrogens (tertiary/aromatic N) is 1. The Morgan fingerprint density at radius 2 is 2.22 bits per heavy atom. The molecule has 1 heterocycles. The van der Waals surface area contributed by atoms with Gasteiger partial charge in [-0.2, -0.15) is 0 Å². The van der Waals surface area contributed by atoms with Gasteiger partial charge in [-0.1, -0.05) is 11.6 Å². The molecule has 6 nitrogen and oxygen atoms in total. The van der Waals surface area contributed by atoms with E-state index >= 15 is 0 Å². The number of hydrogen-bond acceptors (Lipinski definition) is 6. The van der Waals surface area contributed by atoms with Crippen LogP contribution in [0.1, 0.15) is 0 Å². The van der Waals surface area contributed by atoms with Crippen molar-refractivity contribution in [3.63, 3.8) is 0 Å². The van der Waals surface area contributed by atoms with Crippen LogP contribution in [0.25, 0.3) is 0 Å². The Labute approximate surface area is 131 Å². The molecule has 1 saturated heterocycles. The maximum absolute atomic E-state index is 8.00. The number of hydrogen-bond donors (Lipinski definition) is 0. The van der Waals surface area contributed by atoms with Crippen molar-refractivity contribution >= 4 is 11.6 Å². The molecule has 0 amide bonds. The fourth-order valence-electron chi connectivity index (χ4n) is 1.08. The summed E-state index contributed by atoms with van der Waals surface area (Å²) in [5, 5.41) is 9.59. The van der Waals surface area contributed by atoms with Gasteiger partial charge < -0.3 is 24.3 Å². The topological polar surface area (TPSA) is 83.5 Å². The second-order valence-corrected chi connectivity index (χ2v) is 3.54. The van der Waals surface area contributed by atoms with Crippen LogP contribution >= 0.6 is 11.6 Å². The van der Waals surface area contributed by atoms with E-state index in [0.717, 1.165) is 17.7 Å². The maximum Gasteiger partial charge on any atom is 1.00 e. The number of rotatable bonds is 4. The van der Waals surface area contributed by atoms with E-state index in [0.29, 0.717) is 17.4 Å². The molecular formula is C10H11ClNNaO5. The van der Waals surface area contributed by atoms with Crippen molar-refractivity contribution in [2.45, 2.75) is 6.10 Å². The van der Waals surface area contributed by atoms with Crippen LogP contribution in [0, 0.1) is 10.1 Å². The molecule has 1 aliphatic rings. The number of epoxide rings is 1. The van der Waals surface area contributed by atoms with Gasteiger partial charge in [0.15, 0.2) is 0 Å². The molecule has 2 rings (SSSR count). The molecule has 1 aromatic rings. The van der Waals surface area contributed by atoms with Crippen LogP contribution in [0.15, 0.2) is 23.5 Å². The first-order valence-electron chi connectivity index (χ1n) is 4.74. The minimum atomic E-state index is 0. The molecule has 0 unspecified atom stereocenters. The number of ether oxygens (including phenoxy) is 3. The Balaban J connectivity index is 0.000000660. The molecule has 0 aromatic heterocycles. The molecule has 0 N–H and O–H groups in total. The van der Waals surface area contributed by atoms with Crippen molar-refractivity contribution in [1.82, 2.24) is 0 Å². The summed E-state index contributed by atoms with van der Waals surface area (Å²) in [5.41, 5.74) is 0. The average molecular weight is 284 g/mol. The van der Waals surface area contributed by atoms with Crippen molar-refractivity contribution in [3.8, 4) is 11.5 Å². The first-order valence-corrected chi connectivity index (χ1v) is 5.12. The van der Waals surface area contributed by atoms with Crippen LogP contribution in [-0.4, -0.2) is 26.4 Å². The molecule has 1 fully saturated rings. The molecule has 0 saturated carbocycles. The fourth-order valence-corrected chi connectivity index (χ4v) is 1.28. The maximum atomic E-state index is 8.00. The molecule has 1 aromatic carbocycles. The molecule has 0 radical (unpaired) electrons. The Morgan fingerprint density at radius 3 is 2.72 bits per heavy atom. The van der Waals surface area contributed by atoms with Crippen LogP contribution in [0.2, 0.25) is 5.02 Å². The van der Waals surface area contributed by atoms with Crippen molar-refractivity contribution < 1.29 is 43.8 Å². The largest absolute Gasteiger partial charge is 1.00 e. The minimum Gasteiger partial charge on any atom is -0.495 e. The summed E-state index contributed by atoms with van der Waals surface area (Å²) in [6, 6.07) is 5.33. The first kappa shape index (κ1) is 17.5. The minimum absolute atomic E-state index is 0. The standard InChI is InChI=1S/C10H11ClO3.HNO2.Na/c1-12-10-4-7(2-3-9(10)11)13-5-8-6-14-8;2-1-3;/h2-4,8H,5-6H2,1H3;(H,2,3);/q;;+1/p-1/t8-;;/m1../s1. The molecule has 1 aliphatic heterocycles. The third-order valence-electron chi connectivity index (χ3n) is 1.96. The molecule has 1 atom stereocenters. The molecular weight excluding hydrogens is 273 g/mol. The zero-order valence-corrected chi connectivity index (χ0v) is 12.8. The monoisotopic (exact) mass is 283 g/mol. The van der Waals surface area contributed by atoms with E-state index < -0.39 is 0 Å². The zero-order chi connectivity index (χ0) is 12.7. The Morgan fingerprint density at radius 1 is 1.61 bits per heavy atom. The van der Waals surface area contributed by atoms with E-state index in [4.69, 9.17) is 35.9 Å². The first-order chi connectivity index (χ1) is 8.21. The third-order valence-corrected chi connectivity index (χ3v) is 2.27. The van der Waals surface area contributed by atoms with E-state index in [-0.39, 0.29) is 35.7 Å². The summed E-state index contributed by atoms with van der Waals surface area (Å²) < 4.78 is 15.6.